The summed E-state index contributed by atoms with van der Waals surface area (Å²) in [4.78, 5) is 12.8. The number of nitrogens with one attached hydrogen (secondary N) is 2. The van der Waals surface area contributed by atoms with Crippen molar-refractivity contribution in [2.45, 2.75) is 33.4 Å². The van der Waals surface area contributed by atoms with Gasteiger partial charge in [0.1, 0.15) is 6.61 Å². The molecular weight excluding hydrogens is 412 g/mol. The third-order valence-corrected chi connectivity index (χ3v) is 5.01. The number of carbonyl (C=O) groups excluding carboxylic acids is 1. The molecule has 31 heavy (non-hydrogen) atoms. The number of allylic oxidation sites excluding steroid dienone is 1. The van der Waals surface area contributed by atoms with Gasteiger partial charge in [0.25, 0.3) is 0 Å². The number of ether oxygens (including phenoxy) is 3. The molecule has 1 unspecified atom stereocenters. The molecule has 7 heteroatoms. The Morgan fingerprint density at radius 2 is 1.87 bits per heavy atom. The highest BCUT2D eigenvalue weighted by atomic mass is 32.1. The van der Waals surface area contributed by atoms with Gasteiger partial charge in [-0.1, -0.05) is 50.2 Å². The summed E-state index contributed by atoms with van der Waals surface area (Å²) in [7, 11) is 1.59. The lowest BCUT2D eigenvalue weighted by Gasteiger charge is -2.30. The zero-order valence-electron chi connectivity index (χ0n) is 18.2. The van der Waals surface area contributed by atoms with Gasteiger partial charge in [0.2, 0.25) is 0 Å². The number of thiocarbonyl (C=S) groups is 1. The van der Waals surface area contributed by atoms with E-state index >= 15 is 0 Å². The molecule has 3 rings (SSSR count). The van der Waals surface area contributed by atoms with E-state index in [1.807, 2.05) is 69.3 Å². The summed E-state index contributed by atoms with van der Waals surface area (Å²) >= 11 is 5.32. The quantitative estimate of drug-likeness (QED) is 0.469. The lowest BCUT2D eigenvalue weighted by molar-refractivity contribution is -0.140. The second-order valence-electron chi connectivity index (χ2n) is 7.75. The molecule has 6 nitrogen and oxygen atoms in total. The maximum Gasteiger partial charge on any atom is 0.338 e. The van der Waals surface area contributed by atoms with Gasteiger partial charge in [-0.2, -0.15) is 0 Å². The first-order valence-corrected chi connectivity index (χ1v) is 10.6. The number of benzene rings is 2. The summed E-state index contributed by atoms with van der Waals surface area (Å²) in [5.41, 5.74) is 3.05. The monoisotopic (exact) mass is 440 g/mol. The van der Waals surface area contributed by atoms with E-state index in [1.165, 1.54) is 0 Å². The molecule has 0 saturated heterocycles. The summed E-state index contributed by atoms with van der Waals surface area (Å²) in [6.07, 6.45) is 0. The van der Waals surface area contributed by atoms with Crippen LogP contribution in [0.5, 0.6) is 11.5 Å². The van der Waals surface area contributed by atoms with Crippen molar-refractivity contribution in [3.63, 3.8) is 0 Å². The van der Waals surface area contributed by atoms with E-state index in [0.29, 0.717) is 41.1 Å². The Balaban J connectivity index is 1.85. The Morgan fingerprint density at radius 3 is 2.55 bits per heavy atom. The van der Waals surface area contributed by atoms with E-state index in [1.54, 1.807) is 7.11 Å². The average molecular weight is 441 g/mol. The number of rotatable bonds is 8. The lowest BCUT2D eigenvalue weighted by atomic mass is 9.95. The second kappa shape index (κ2) is 10.3. The molecule has 164 valence electrons. The Morgan fingerprint density at radius 1 is 1.13 bits per heavy atom. The molecule has 1 atom stereocenters. The highest BCUT2D eigenvalue weighted by Gasteiger charge is 2.31. The molecule has 1 aliphatic rings. The van der Waals surface area contributed by atoms with Gasteiger partial charge in [0.15, 0.2) is 16.6 Å². The summed E-state index contributed by atoms with van der Waals surface area (Å²) in [5.74, 6) is 1.07. The van der Waals surface area contributed by atoms with Crippen LogP contribution in [0.4, 0.5) is 0 Å². The normalized spacial score (nSPS) is 15.9. The van der Waals surface area contributed by atoms with Crippen molar-refractivity contribution < 1.29 is 19.0 Å². The van der Waals surface area contributed by atoms with Crippen LogP contribution in [0.25, 0.3) is 0 Å². The van der Waals surface area contributed by atoms with Gasteiger partial charge in [0.05, 0.1) is 25.3 Å². The molecular formula is C24H28N2O4S. The number of hydrogen-bond acceptors (Lipinski definition) is 5. The van der Waals surface area contributed by atoms with Gasteiger partial charge >= 0.3 is 5.97 Å². The second-order valence-corrected chi connectivity index (χ2v) is 8.16. The molecule has 0 spiro atoms. The van der Waals surface area contributed by atoms with Crippen molar-refractivity contribution in [2.24, 2.45) is 5.92 Å². The third-order valence-electron chi connectivity index (χ3n) is 4.79. The molecule has 0 radical (unpaired) electrons. The van der Waals surface area contributed by atoms with Crippen LogP contribution in [-0.2, 0) is 16.1 Å². The van der Waals surface area contributed by atoms with E-state index < -0.39 is 6.04 Å². The maximum atomic E-state index is 12.8. The topological polar surface area (TPSA) is 68.8 Å². The van der Waals surface area contributed by atoms with Gasteiger partial charge in [-0.05, 0) is 48.3 Å². The van der Waals surface area contributed by atoms with Crippen molar-refractivity contribution >= 4 is 23.3 Å². The van der Waals surface area contributed by atoms with Crippen LogP contribution < -0.4 is 20.1 Å². The van der Waals surface area contributed by atoms with E-state index in [0.717, 1.165) is 11.1 Å². The van der Waals surface area contributed by atoms with E-state index in [2.05, 4.69) is 10.6 Å². The fraction of sp³-hybridized carbons (Fsp3) is 0.333. The van der Waals surface area contributed by atoms with Crippen LogP contribution in [0.15, 0.2) is 59.8 Å². The molecule has 0 fully saturated rings. The zero-order valence-corrected chi connectivity index (χ0v) is 19.0. The number of carbonyl (C=O) groups is 1. The number of esters is 1. The molecule has 0 amide bonds. The molecule has 0 bridgehead atoms. The van der Waals surface area contributed by atoms with Crippen molar-refractivity contribution in [3.8, 4) is 11.5 Å². The van der Waals surface area contributed by atoms with Crippen molar-refractivity contribution in [2.75, 3.05) is 13.7 Å². The third kappa shape index (κ3) is 5.76. The fourth-order valence-corrected chi connectivity index (χ4v) is 3.52. The van der Waals surface area contributed by atoms with Crippen molar-refractivity contribution in [1.82, 2.24) is 10.6 Å². The first kappa shape index (κ1) is 22.6. The molecule has 1 aliphatic heterocycles. The lowest BCUT2D eigenvalue weighted by Crippen LogP contribution is -2.45. The Hall–Kier alpha value is -3.06. The summed E-state index contributed by atoms with van der Waals surface area (Å²) in [6.45, 7) is 6.59. The van der Waals surface area contributed by atoms with Gasteiger partial charge in [-0.25, -0.2) is 4.79 Å². The van der Waals surface area contributed by atoms with Crippen LogP contribution in [-0.4, -0.2) is 24.8 Å². The van der Waals surface area contributed by atoms with Crippen LogP contribution in [0, 0.1) is 5.92 Å². The average Bonchev–Trinajstić information content (AvgIpc) is 2.76. The molecule has 0 aliphatic carbocycles. The highest BCUT2D eigenvalue weighted by Crippen LogP contribution is 2.35. The number of hydrogen-bond donors (Lipinski definition) is 2. The molecule has 2 N–H and O–H groups in total. The zero-order chi connectivity index (χ0) is 22.4. The van der Waals surface area contributed by atoms with Gasteiger partial charge < -0.3 is 24.8 Å². The Labute approximate surface area is 188 Å². The number of methoxy groups -OCH3 is 1. The Kier molecular flexibility index (Phi) is 7.52. The smallest absolute Gasteiger partial charge is 0.338 e. The maximum absolute atomic E-state index is 12.8. The molecule has 2 aromatic carbocycles. The minimum atomic E-state index is -0.453. The first-order valence-electron chi connectivity index (χ1n) is 10.2. The van der Waals surface area contributed by atoms with Crippen molar-refractivity contribution in [1.29, 1.82) is 0 Å². The van der Waals surface area contributed by atoms with Crippen LogP contribution in [0.3, 0.4) is 0 Å². The van der Waals surface area contributed by atoms with Crippen LogP contribution >= 0.6 is 12.2 Å². The van der Waals surface area contributed by atoms with Crippen LogP contribution in [0.2, 0.25) is 0 Å². The van der Waals surface area contributed by atoms with E-state index in [9.17, 15) is 4.79 Å². The highest BCUT2D eigenvalue weighted by molar-refractivity contribution is 7.80. The van der Waals surface area contributed by atoms with Crippen LogP contribution in [0.1, 0.15) is 37.9 Å². The van der Waals surface area contributed by atoms with Gasteiger partial charge in [-0.3, -0.25) is 0 Å². The van der Waals surface area contributed by atoms with E-state index in [-0.39, 0.29) is 11.9 Å². The standard InChI is InChI=1S/C24H28N2O4S/c1-15(2)13-30-23(27)21-16(3)25-24(31)26-22(21)18-10-11-19(20(12-18)28-4)29-14-17-8-6-5-7-9-17/h5-12,15,22H,13-14H2,1-4H3,(H2,25,26,31). The Bertz CT molecular complexity index is 973. The summed E-state index contributed by atoms with van der Waals surface area (Å²) < 4.78 is 17.0. The minimum absolute atomic E-state index is 0.245. The largest absolute Gasteiger partial charge is 0.493 e. The van der Waals surface area contributed by atoms with Gasteiger partial charge in [-0.15, -0.1) is 0 Å². The first-order chi connectivity index (χ1) is 14.9. The van der Waals surface area contributed by atoms with Crippen molar-refractivity contribution in [3.05, 3.63) is 70.9 Å². The predicted molar refractivity (Wildman–Crippen MR) is 124 cm³/mol. The summed E-state index contributed by atoms with van der Waals surface area (Å²) in [5, 5.41) is 6.65. The molecule has 2 aromatic rings. The van der Waals surface area contributed by atoms with Gasteiger partial charge in [0, 0.05) is 5.70 Å². The fourth-order valence-electron chi connectivity index (χ4n) is 3.25. The molecule has 0 aromatic heterocycles. The SMILES string of the molecule is COc1cc(C2NC(=S)NC(C)=C2C(=O)OCC(C)C)ccc1OCc1ccccc1. The molecule has 0 saturated carbocycles. The minimum Gasteiger partial charge on any atom is -0.493 e. The predicted octanol–water partition coefficient (Wildman–Crippen LogP) is 4.27. The van der Waals surface area contributed by atoms with E-state index in [4.69, 9.17) is 26.4 Å². The molecule has 1 heterocycles. The summed E-state index contributed by atoms with van der Waals surface area (Å²) in [6, 6.07) is 15.1.